The van der Waals surface area contributed by atoms with Crippen molar-refractivity contribution in [3.63, 3.8) is 0 Å². The molecular weight excluding hydrogens is 284 g/mol. The fraction of sp³-hybridized carbons (Fsp3) is 0.350. The van der Waals surface area contributed by atoms with Gasteiger partial charge >= 0.3 is 0 Å². The summed E-state index contributed by atoms with van der Waals surface area (Å²) in [5, 5.41) is 3.08. The standard InChI is InChI=1S/C20H24N2O/c1-2-22-14-6-9-19(22)15-21-20(23)18-12-10-17(11-13-18)16-7-4-3-5-8-16/h3-5,7-8,10-13,19H,2,6,9,14-15H2,1H3,(H,21,23). The Morgan fingerprint density at radius 2 is 1.78 bits per heavy atom. The van der Waals surface area contributed by atoms with Gasteiger partial charge in [-0.2, -0.15) is 0 Å². The molecule has 2 aromatic carbocycles. The molecular formula is C20H24N2O. The SMILES string of the molecule is CCN1CCCC1CNC(=O)c1ccc(-c2ccccc2)cc1. The third-order valence-corrected chi connectivity index (χ3v) is 4.66. The van der Waals surface area contributed by atoms with Crippen LogP contribution >= 0.6 is 0 Å². The number of rotatable bonds is 5. The summed E-state index contributed by atoms with van der Waals surface area (Å²) in [6.07, 6.45) is 2.42. The van der Waals surface area contributed by atoms with Crippen LogP contribution in [0.1, 0.15) is 30.1 Å². The molecule has 1 unspecified atom stereocenters. The highest BCUT2D eigenvalue weighted by Crippen LogP contribution is 2.19. The second-order valence-electron chi connectivity index (χ2n) is 6.08. The zero-order valence-electron chi connectivity index (χ0n) is 13.7. The predicted molar refractivity (Wildman–Crippen MR) is 94.5 cm³/mol. The zero-order chi connectivity index (χ0) is 16.1. The molecule has 0 radical (unpaired) electrons. The lowest BCUT2D eigenvalue weighted by molar-refractivity contribution is 0.0941. The van der Waals surface area contributed by atoms with Crippen molar-refractivity contribution in [2.45, 2.75) is 25.8 Å². The monoisotopic (exact) mass is 308 g/mol. The third kappa shape index (κ3) is 3.80. The molecule has 3 rings (SSSR count). The number of benzene rings is 2. The number of likely N-dealkylation sites (tertiary alicyclic amines) is 1. The van der Waals surface area contributed by atoms with Crippen molar-refractivity contribution >= 4 is 5.91 Å². The van der Waals surface area contributed by atoms with Gasteiger partial charge in [0.1, 0.15) is 0 Å². The minimum absolute atomic E-state index is 0.0209. The van der Waals surface area contributed by atoms with E-state index in [2.05, 4.69) is 29.3 Å². The number of hydrogen-bond donors (Lipinski definition) is 1. The molecule has 1 atom stereocenters. The van der Waals surface area contributed by atoms with E-state index >= 15 is 0 Å². The van der Waals surface area contributed by atoms with Gasteiger partial charge in [-0.15, -0.1) is 0 Å². The van der Waals surface area contributed by atoms with Crippen LogP contribution in [0.5, 0.6) is 0 Å². The van der Waals surface area contributed by atoms with Crippen LogP contribution in [0.3, 0.4) is 0 Å². The summed E-state index contributed by atoms with van der Waals surface area (Å²) < 4.78 is 0. The molecule has 120 valence electrons. The average molecular weight is 308 g/mol. The van der Waals surface area contributed by atoms with Crippen molar-refractivity contribution in [1.82, 2.24) is 10.2 Å². The van der Waals surface area contributed by atoms with E-state index in [1.165, 1.54) is 18.4 Å². The van der Waals surface area contributed by atoms with Gasteiger partial charge in [0, 0.05) is 18.2 Å². The fourth-order valence-electron chi connectivity index (χ4n) is 3.30. The molecule has 3 nitrogen and oxygen atoms in total. The Hall–Kier alpha value is -2.13. The lowest BCUT2D eigenvalue weighted by atomic mass is 10.0. The highest BCUT2D eigenvalue weighted by molar-refractivity contribution is 5.94. The average Bonchev–Trinajstić information content (AvgIpc) is 3.08. The quantitative estimate of drug-likeness (QED) is 0.916. The molecule has 0 spiro atoms. The number of nitrogens with one attached hydrogen (secondary N) is 1. The number of hydrogen-bond acceptors (Lipinski definition) is 2. The molecule has 1 amide bonds. The largest absolute Gasteiger partial charge is 0.350 e. The minimum atomic E-state index is 0.0209. The predicted octanol–water partition coefficient (Wildman–Crippen LogP) is 3.57. The van der Waals surface area contributed by atoms with Crippen LogP contribution in [-0.2, 0) is 0 Å². The highest BCUT2D eigenvalue weighted by Gasteiger charge is 2.23. The van der Waals surface area contributed by atoms with Crippen molar-refractivity contribution in [2.24, 2.45) is 0 Å². The van der Waals surface area contributed by atoms with E-state index in [4.69, 9.17) is 0 Å². The van der Waals surface area contributed by atoms with Gasteiger partial charge in [-0.25, -0.2) is 0 Å². The summed E-state index contributed by atoms with van der Waals surface area (Å²) in [4.78, 5) is 14.8. The second-order valence-corrected chi connectivity index (χ2v) is 6.08. The molecule has 1 heterocycles. The van der Waals surface area contributed by atoms with E-state index in [0.29, 0.717) is 6.04 Å². The number of nitrogens with zero attached hydrogens (tertiary/aromatic N) is 1. The van der Waals surface area contributed by atoms with Crippen molar-refractivity contribution in [3.8, 4) is 11.1 Å². The number of likely N-dealkylation sites (N-methyl/N-ethyl adjacent to an activating group) is 1. The zero-order valence-corrected chi connectivity index (χ0v) is 13.7. The topological polar surface area (TPSA) is 32.3 Å². The van der Waals surface area contributed by atoms with Crippen molar-refractivity contribution in [1.29, 1.82) is 0 Å². The lowest BCUT2D eigenvalue weighted by Crippen LogP contribution is -2.40. The van der Waals surface area contributed by atoms with Crippen molar-refractivity contribution in [3.05, 3.63) is 60.2 Å². The van der Waals surface area contributed by atoms with Gasteiger partial charge in [0.25, 0.3) is 5.91 Å². The van der Waals surface area contributed by atoms with Crippen LogP contribution < -0.4 is 5.32 Å². The van der Waals surface area contributed by atoms with Crippen LogP contribution in [0, 0.1) is 0 Å². The second kappa shape index (κ2) is 7.42. The molecule has 1 saturated heterocycles. The third-order valence-electron chi connectivity index (χ3n) is 4.66. The van der Waals surface area contributed by atoms with E-state index in [1.807, 2.05) is 42.5 Å². The maximum Gasteiger partial charge on any atom is 0.251 e. The normalized spacial score (nSPS) is 18.0. The summed E-state index contributed by atoms with van der Waals surface area (Å²) in [5.74, 6) is 0.0209. The van der Waals surface area contributed by atoms with Crippen LogP contribution in [0.15, 0.2) is 54.6 Å². The molecule has 0 aliphatic carbocycles. The Labute approximate surface area is 138 Å². The first-order chi connectivity index (χ1) is 11.3. The molecule has 0 aromatic heterocycles. The number of carbonyl (C=O) groups excluding carboxylic acids is 1. The first-order valence-electron chi connectivity index (χ1n) is 8.45. The molecule has 1 aliphatic heterocycles. The van der Waals surface area contributed by atoms with E-state index in [0.717, 1.165) is 30.8 Å². The molecule has 3 heteroatoms. The summed E-state index contributed by atoms with van der Waals surface area (Å²) in [5.41, 5.74) is 3.03. The molecule has 2 aromatic rings. The Balaban J connectivity index is 1.60. The number of amides is 1. The van der Waals surface area contributed by atoms with Crippen LogP contribution in [0.25, 0.3) is 11.1 Å². The Kier molecular flexibility index (Phi) is 5.09. The first kappa shape index (κ1) is 15.8. The molecule has 1 fully saturated rings. The first-order valence-corrected chi connectivity index (χ1v) is 8.45. The molecule has 0 saturated carbocycles. The van der Waals surface area contributed by atoms with Gasteiger partial charge in [0.05, 0.1) is 0 Å². The summed E-state index contributed by atoms with van der Waals surface area (Å²) >= 11 is 0. The Morgan fingerprint density at radius 3 is 2.48 bits per heavy atom. The van der Waals surface area contributed by atoms with E-state index in [1.54, 1.807) is 0 Å². The Bertz CT molecular complexity index is 636. The summed E-state index contributed by atoms with van der Waals surface area (Å²) in [6, 6.07) is 18.5. The molecule has 0 bridgehead atoms. The van der Waals surface area contributed by atoms with E-state index in [9.17, 15) is 4.79 Å². The highest BCUT2D eigenvalue weighted by atomic mass is 16.1. The van der Waals surface area contributed by atoms with Gasteiger partial charge in [-0.1, -0.05) is 49.4 Å². The Morgan fingerprint density at radius 1 is 1.09 bits per heavy atom. The summed E-state index contributed by atoms with van der Waals surface area (Å²) in [7, 11) is 0. The van der Waals surface area contributed by atoms with E-state index in [-0.39, 0.29) is 5.91 Å². The van der Waals surface area contributed by atoms with Crippen LogP contribution in [0.4, 0.5) is 0 Å². The van der Waals surface area contributed by atoms with Gasteiger partial charge in [0.2, 0.25) is 0 Å². The molecule has 23 heavy (non-hydrogen) atoms. The molecule has 1 N–H and O–H groups in total. The van der Waals surface area contributed by atoms with Crippen molar-refractivity contribution < 1.29 is 4.79 Å². The van der Waals surface area contributed by atoms with Gasteiger partial charge in [0.15, 0.2) is 0 Å². The molecule has 1 aliphatic rings. The van der Waals surface area contributed by atoms with Crippen molar-refractivity contribution in [2.75, 3.05) is 19.6 Å². The minimum Gasteiger partial charge on any atom is -0.350 e. The maximum absolute atomic E-state index is 12.3. The van der Waals surface area contributed by atoms with Gasteiger partial charge in [-0.05, 0) is 49.2 Å². The van der Waals surface area contributed by atoms with E-state index < -0.39 is 0 Å². The van der Waals surface area contributed by atoms with Gasteiger partial charge < -0.3 is 5.32 Å². The fourth-order valence-corrected chi connectivity index (χ4v) is 3.30. The van der Waals surface area contributed by atoms with Gasteiger partial charge in [-0.3, -0.25) is 9.69 Å². The summed E-state index contributed by atoms with van der Waals surface area (Å²) in [6.45, 7) is 5.14. The number of carbonyl (C=O) groups is 1. The lowest BCUT2D eigenvalue weighted by Gasteiger charge is -2.22. The van der Waals surface area contributed by atoms with Crippen LogP contribution in [0.2, 0.25) is 0 Å². The smallest absolute Gasteiger partial charge is 0.251 e. The maximum atomic E-state index is 12.3. The van der Waals surface area contributed by atoms with Crippen LogP contribution in [-0.4, -0.2) is 36.5 Å².